The van der Waals surface area contributed by atoms with E-state index in [2.05, 4.69) is 0 Å². The Balaban J connectivity index is 2.68. The van der Waals surface area contributed by atoms with Gasteiger partial charge in [-0.2, -0.15) is 0 Å². The summed E-state index contributed by atoms with van der Waals surface area (Å²) < 4.78 is -0.671. The molecule has 0 aliphatic rings. The van der Waals surface area contributed by atoms with Crippen LogP contribution in [0.4, 0.5) is 0 Å². The lowest BCUT2D eigenvalue weighted by atomic mass is 10.1. The highest BCUT2D eigenvalue weighted by Gasteiger charge is 2.28. The van der Waals surface area contributed by atoms with E-state index in [1.54, 1.807) is 0 Å². The molecular formula is C16H26NO2P. The van der Waals surface area contributed by atoms with Gasteiger partial charge in [-0.15, -0.1) is 0 Å². The summed E-state index contributed by atoms with van der Waals surface area (Å²) in [4.78, 5) is 12.4. The van der Waals surface area contributed by atoms with Gasteiger partial charge in [0, 0.05) is 11.8 Å². The van der Waals surface area contributed by atoms with Crippen LogP contribution in [0.2, 0.25) is 0 Å². The Morgan fingerprint density at radius 2 is 1.60 bits per heavy atom. The number of rotatable bonds is 7. The van der Waals surface area contributed by atoms with Gasteiger partial charge in [-0.05, 0) is 5.30 Å². The average Bonchev–Trinajstić information content (AvgIpc) is 2.35. The molecule has 1 unspecified atom stereocenters. The molecule has 0 radical (unpaired) electrons. The van der Waals surface area contributed by atoms with Gasteiger partial charge < -0.3 is 5.21 Å². The van der Waals surface area contributed by atoms with E-state index in [-0.39, 0.29) is 17.7 Å². The maximum absolute atomic E-state index is 12.8. The van der Waals surface area contributed by atoms with E-state index < -0.39 is 4.65 Å². The van der Waals surface area contributed by atoms with Crippen LogP contribution in [0, 0.1) is 17.0 Å². The molecule has 1 aromatic carbocycles. The van der Waals surface area contributed by atoms with E-state index in [0.717, 1.165) is 5.30 Å². The minimum Gasteiger partial charge on any atom is -0.625 e. The predicted octanol–water partition coefficient (Wildman–Crippen LogP) is 3.14. The van der Waals surface area contributed by atoms with E-state index in [4.69, 9.17) is 0 Å². The van der Waals surface area contributed by atoms with Crippen molar-refractivity contribution < 1.29 is 9.44 Å². The number of hydrogen-bond donors (Lipinski definition) is 0. The van der Waals surface area contributed by atoms with Gasteiger partial charge in [0.2, 0.25) is 0 Å². The second-order valence-corrected chi connectivity index (χ2v) is 7.44. The van der Waals surface area contributed by atoms with Crippen LogP contribution in [0.1, 0.15) is 27.7 Å². The predicted molar refractivity (Wildman–Crippen MR) is 87.3 cm³/mol. The minimum atomic E-state index is -0.671. The molecule has 0 N–H and O–H groups in total. The van der Waals surface area contributed by atoms with E-state index in [0.29, 0.717) is 27.8 Å². The summed E-state index contributed by atoms with van der Waals surface area (Å²) in [5.74, 6) is 0.292. The molecule has 0 bridgehead atoms. The Kier molecular flexibility index (Phi) is 6.81. The van der Waals surface area contributed by atoms with Crippen molar-refractivity contribution >= 4 is 19.8 Å². The van der Waals surface area contributed by atoms with Crippen LogP contribution in [-0.4, -0.2) is 29.8 Å². The first-order valence-corrected chi connectivity index (χ1v) is 8.44. The van der Waals surface area contributed by atoms with Gasteiger partial charge >= 0.3 is 5.91 Å². The molecule has 3 nitrogen and oxygen atoms in total. The van der Waals surface area contributed by atoms with Crippen LogP contribution in [0.15, 0.2) is 30.3 Å². The molecule has 0 saturated carbocycles. The fourth-order valence-corrected chi connectivity index (χ4v) is 3.41. The zero-order valence-corrected chi connectivity index (χ0v) is 13.9. The fourth-order valence-electron chi connectivity index (χ4n) is 2.34. The van der Waals surface area contributed by atoms with Crippen LogP contribution in [0.25, 0.3) is 0 Å². The van der Waals surface area contributed by atoms with Gasteiger partial charge in [-0.1, -0.05) is 66.6 Å². The quantitative estimate of drug-likeness (QED) is 0.440. The number of carbonyl (C=O) groups is 1. The van der Waals surface area contributed by atoms with Crippen molar-refractivity contribution in [2.45, 2.75) is 27.7 Å². The van der Waals surface area contributed by atoms with Gasteiger partial charge in [0.05, 0.1) is 19.3 Å². The fraction of sp³-hybridized carbons (Fsp3) is 0.562. The Labute approximate surface area is 124 Å². The standard InChI is InChI=1S/C16H26NO2P/c1-13(2)10-17(19,11-14(3)4)16(18)12-20-15-8-6-5-7-9-15/h5-9,13-14,20H,10-12H2,1-4H3. The smallest absolute Gasteiger partial charge is 0.318 e. The van der Waals surface area contributed by atoms with Crippen molar-refractivity contribution in [3.05, 3.63) is 35.5 Å². The van der Waals surface area contributed by atoms with E-state index >= 15 is 0 Å². The molecule has 1 rings (SSSR count). The molecule has 112 valence electrons. The highest BCUT2D eigenvalue weighted by molar-refractivity contribution is 7.48. The summed E-state index contributed by atoms with van der Waals surface area (Å²) in [6.45, 7) is 8.76. The van der Waals surface area contributed by atoms with Crippen LogP contribution in [-0.2, 0) is 4.79 Å². The van der Waals surface area contributed by atoms with Crippen molar-refractivity contribution in [2.24, 2.45) is 11.8 Å². The molecule has 0 fully saturated rings. The van der Waals surface area contributed by atoms with Gasteiger partial charge in [-0.3, -0.25) is 4.65 Å². The molecule has 0 aromatic heterocycles. The molecule has 0 spiro atoms. The van der Waals surface area contributed by atoms with Gasteiger partial charge in [0.1, 0.15) is 0 Å². The topological polar surface area (TPSA) is 40.1 Å². The van der Waals surface area contributed by atoms with Crippen LogP contribution in [0.5, 0.6) is 0 Å². The minimum absolute atomic E-state index is 0.172. The Bertz CT molecular complexity index is 408. The lowest BCUT2D eigenvalue weighted by Crippen LogP contribution is -2.52. The highest BCUT2D eigenvalue weighted by Crippen LogP contribution is 2.19. The summed E-state index contributed by atoms with van der Waals surface area (Å²) in [5, 5.41) is 14.0. The van der Waals surface area contributed by atoms with E-state index in [9.17, 15) is 10.0 Å². The average molecular weight is 295 g/mol. The van der Waals surface area contributed by atoms with Crippen LogP contribution in [0.3, 0.4) is 0 Å². The molecular weight excluding hydrogens is 269 g/mol. The molecule has 1 aromatic rings. The summed E-state index contributed by atoms with van der Waals surface area (Å²) in [6.07, 6.45) is 0.354. The summed E-state index contributed by atoms with van der Waals surface area (Å²) >= 11 is 0. The molecule has 4 heteroatoms. The molecule has 0 saturated heterocycles. The number of hydrogen-bond acceptors (Lipinski definition) is 2. The first kappa shape index (κ1) is 17.3. The van der Waals surface area contributed by atoms with Crippen molar-refractivity contribution in [1.29, 1.82) is 0 Å². The van der Waals surface area contributed by atoms with Gasteiger partial charge in [0.25, 0.3) is 0 Å². The summed E-state index contributed by atoms with van der Waals surface area (Å²) in [7, 11) is 0.386. The van der Waals surface area contributed by atoms with Crippen molar-refractivity contribution in [3.8, 4) is 0 Å². The zero-order valence-electron chi connectivity index (χ0n) is 12.9. The maximum atomic E-state index is 12.8. The summed E-state index contributed by atoms with van der Waals surface area (Å²) in [6, 6.07) is 9.91. The van der Waals surface area contributed by atoms with Crippen LogP contribution >= 0.6 is 8.58 Å². The second-order valence-electron chi connectivity index (χ2n) is 6.16. The third kappa shape index (κ3) is 5.70. The number of amides is 1. The zero-order chi connectivity index (χ0) is 15.2. The van der Waals surface area contributed by atoms with Crippen LogP contribution < -0.4 is 5.30 Å². The largest absolute Gasteiger partial charge is 0.625 e. The molecule has 1 atom stereocenters. The Hall–Kier alpha value is -0.760. The molecule has 1 amide bonds. The number of benzene rings is 1. The number of carbonyl (C=O) groups excluding carboxylic acids is 1. The first-order chi connectivity index (χ1) is 9.33. The van der Waals surface area contributed by atoms with Crippen molar-refractivity contribution in [3.63, 3.8) is 0 Å². The number of nitrogens with zero attached hydrogens (tertiary/aromatic N) is 1. The van der Waals surface area contributed by atoms with Crippen molar-refractivity contribution in [1.82, 2.24) is 0 Å². The van der Waals surface area contributed by atoms with Gasteiger partial charge in [-0.25, -0.2) is 4.79 Å². The highest BCUT2D eigenvalue weighted by atomic mass is 31.1. The molecule has 20 heavy (non-hydrogen) atoms. The van der Waals surface area contributed by atoms with E-state index in [1.807, 2.05) is 58.0 Å². The Morgan fingerprint density at radius 3 is 2.05 bits per heavy atom. The van der Waals surface area contributed by atoms with E-state index in [1.165, 1.54) is 0 Å². The normalized spacial score (nSPS) is 12.8. The molecule has 0 aliphatic carbocycles. The second kappa shape index (κ2) is 7.87. The van der Waals surface area contributed by atoms with Gasteiger partial charge in [0.15, 0.2) is 0 Å². The maximum Gasteiger partial charge on any atom is 0.318 e. The lowest BCUT2D eigenvalue weighted by molar-refractivity contribution is -0.810. The number of quaternary nitrogens is 1. The Morgan fingerprint density at radius 1 is 1.10 bits per heavy atom. The number of hydroxylamine groups is 3. The SMILES string of the molecule is CC(C)C[N+]([O-])(CC(C)C)C(=O)CPc1ccccc1. The third-order valence-electron chi connectivity index (χ3n) is 2.99. The lowest BCUT2D eigenvalue weighted by Gasteiger charge is -2.42. The molecule has 0 heterocycles. The molecule has 0 aliphatic heterocycles. The summed E-state index contributed by atoms with van der Waals surface area (Å²) in [5.41, 5.74) is 0. The third-order valence-corrected chi connectivity index (χ3v) is 4.21. The first-order valence-electron chi connectivity index (χ1n) is 7.24. The van der Waals surface area contributed by atoms with Crippen molar-refractivity contribution in [2.75, 3.05) is 19.3 Å². The monoisotopic (exact) mass is 295 g/mol.